The molecule has 1 aliphatic rings. The topological polar surface area (TPSA) is 145 Å². The minimum Gasteiger partial charge on any atom is -0.508 e. The number of benzene rings is 3. The highest BCUT2D eigenvalue weighted by Crippen LogP contribution is 2.45. The Morgan fingerprint density at radius 1 is 0.974 bits per heavy atom. The second kappa shape index (κ2) is 9.60. The molecule has 2 heterocycles. The molecule has 1 saturated heterocycles. The summed E-state index contributed by atoms with van der Waals surface area (Å²) >= 11 is 6.80. The van der Waals surface area contributed by atoms with Crippen LogP contribution in [0, 0.1) is 0 Å². The average molecular weight is 569 g/mol. The minimum atomic E-state index is -3.96. The number of halogens is 1. The molecule has 1 aliphatic heterocycles. The van der Waals surface area contributed by atoms with E-state index in [9.17, 15) is 33.3 Å². The molecule has 3 aromatic carbocycles. The van der Waals surface area contributed by atoms with E-state index in [4.69, 9.17) is 11.6 Å². The maximum absolute atomic E-state index is 13.3. The molecule has 9 nitrogen and oxygen atoms in total. The molecule has 0 saturated carbocycles. The Morgan fingerprint density at radius 3 is 2.32 bits per heavy atom. The number of aromatic nitrogens is 1. The lowest BCUT2D eigenvalue weighted by Crippen LogP contribution is -2.29. The molecule has 38 heavy (non-hydrogen) atoms. The molecular weight excluding hydrogens is 552 g/mol. The summed E-state index contributed by atoms with van der Waals surface area (Å²) in [7, 11) is -3.96. The molecule has 1 unspecified atom stereocenters. The molecule has 12 heteroatoms. The van der Waals surface area contributed by atoms with Gasteiger partial charge in [-0.1, -0.05) is 47.2 Å². The number of aliphatic hydroxyl groups is 1. The molecule has 5 rings (SSSR count). The number of carbonyl (C=O) groups is 2. The van der Waals surface area contributed by atoms with Crippen LogP contribution in [-0.4, -0.2) is 40.4 Å². The van der Waals surface area contributed by atoms with E-state index in [0.29, 0.717) is 11.3 Å². The summed E-state index contributed by atoms with van der Waals surface area (Å²) in [6.07, 6.45) is 1.10. The van der Waals surface area contributed by atoms with Crippen molar-refractivity contribution in [1.29, 1.82) is 0 Å². The van der Waals surface area contributed by atoms with Crippen LogP contribution in [0.3, 0.4) is 0 Å². The van der Waals surface area contributed by atoms with Gasteiger partial charge in [0, 0.05) is 5.56 Å². The second-order valence-electron chi connectivity index (χ2n) is 8.21. The van der Waals surface area contributed by atoms with E-state index in [-0.39, 0.29) is 47.5 Å². The van der Waals surface area contributed by atoms with Gasteiger partial charge in [0.1, 0.15) is 21.5 Å². The molecule has 0 radical (unpaired) electrons. The Hall–Kier alpha value is -4.19. The summed E-state index contributed by atoms with van der Waals surface area (Å²) in [6, 6.07) is 15.8. The maximum atomic E-state index is 13.3. The molecule has 4 aromatic rings. The number of anilines is 1. The number of sulfone groups is 1. The number of nitrogens with zero attached hydrogens (tertiary/aromatic N) is 2. The molecule has 1 aromatic heterocycles. The van der Waals surface area contributed by atoms with E-state index in [2.05, 4.69) is 4.98 Å². The molecule has 0 spiro atoms. The highest BCUT2D eigenvalue weighted by molar-refractivity contribution is 7.93. The van der Waals surface area contributed by atoms with Gasteiger partial charge in [-0.3, -0.25) is 14.5 Å². The maximum Gasteiger partial charge on any atom is 0.301 e. The zero-order valence-corrected chi connectivity index (χ0v) is 21.5. The first-order chi connectivity index (χ1) is 18.1. The van der Waals surface area contributed by atoms with Crippen molar-refractivity contribution in [3.63, 3.8) is 0 Å². The van der Waals surface area contributed by atoms with Crippen LogP contribution >= 0.6 is 22.9 Å². The molecule has 3 N–H and O–H groups in total. The number of thiazole rings is 1. The molecular formula is C26H17ClN2O7S2. The zero-order valence-electron chi connectivity index (χ0n) is 19.1. The predicted molar refractivity (Wildman–Crippen MR) is 140 cm³/mol. The lowest BCUT2D eigenvalue weighted by atomic mass is 9.95. The van der Waals surface area contributed by atoms with Crippen molar-refractivity contribution in [1.82, 2.24) is 4.98 Å². The van der Waals surface area contributed by atoms with Crippen molar-refractivity contribution in [2.24, 2.45) is 0 Å². The Balaban J connectivity index is 1.68. The highest BCUT2D eigenvalue weighted by Gasteiger charge is 2.48. The largest absolute Gasteiger partial charge is 0.508 e. The van der Waals surface area contributed by atoms with Gasteiger partial charge >= 0.3 is 5.91 Å². The number of aromatic hydroxyl groups is 2. The number of aliphatic hydroxyl groups excluding tert-OH is 1. The number of amides is 1. The lowest BCUT2D eigenvalue weighted by Gasteiger charge is -2.23. The summed E-state index contributed by atoms with van der Waals surface area (Å²) in [5.41, 5.74) is 0.113. The standard InChI is InChI=1S/C26H17ClN2O7S2/c27-18-12-15(8-11-19(18)31)22-21(23(32)14-6-9-16(30)10-7-14)24(33)25(34)29(22)26-28-13-20(37-26)38(35,36)17-4-2-1-3-5-17/h1-13,22,30-32H. The average Bonchev–Trinajstić information content (AvgIpc) is 3.50. The number of Topliss-reactive ketones (excluding diaryl/α,β-unsaturated/α-hetero) is 1. The third-order valence-electron chi connectivity index (χ3n) is 5.87. The molecule has 0 bridgehead atoms. The van der Waals surface area contributed by atoms with Gasteiger partial charge in [-0.2, -0.15) is 0 Å². The second-order valence-corrected chi connectivity index (χ2v) is 11.8. The molecule has 1 atom stereocenters. The van der Waals surface area contributed by atoms with Crippen LogP contribution < -0.4 is 4.90 Å². The fraction of sp³-hybridized carbons (Fsp3) is 0.0385. The summed E-state index contributed by atoms with van der Waals surface area (Å²) in [5.74, 6) is -2.91. The highest BCUT2D eigenvalue weighted by atomic mass is 35.5. The quantitative estimate of drug-likeness (QED) is 0.179. The van der Waals surface area contributed by atoms with Crippen molar-refractivity contribution in [3.8, 4) is 11.5 Å². The van der Waals surface area contributed by atoms with Crippen LogP contribution in [-0.2, 0) is 19.4 Å². The smallest absolute Gasteiger partial charge is 0.301 e. The van der Waals surface area contributed by atoms with E-state index in [1.165, 1.54) is 54.6 Å². The predicted octanol–water partition coefficient (Wildman–Crippen LogP) is 4.67. The van der Waals surface area contributed by atoms with Crippen LogP contribution in [0.25, 0.3) is 5.76 Å². The SMILES string of the molecule is O=C1C(=O)N(c2ncc(S(=O)(=O)c3ccccc3)s2)C(c2ccc(O)c(Cl)c2)C1=C(O)c1ccc(O)cc1. The van der Waals surface area contributed by atoms with Gasteiger partial charge in [0.15, 0.2) is 5.13 Å². The Morgan fingerprint density at radius 2 is 1.66 bits per heavy atom. The van der Waals surface area contributed by atoms with Gasteiger partial charge in [0.2, 0.25) is 9.84 Å². The number of ketones is 1. The van der Waals surface area contributed by atoms with Crippen molar-refractivity contribution < 1.29 is 33.3 Å². The molecule has 0 aliphatic carbocycles. The van der Waals surface area contributed by atoms with E-state index in [1.54, 1.807) is 18.2 Å². The molecule has 1 fully saturated rings. The van der Waals surface area contributed by atoms with E-state index >= 15 is 0 Å². The summed E-state index contributed by atoms with van der Waals surface area (Å²) in [4.78, 5) is 31.7. The van der Waals surface area contributed by atoms with E-state index in [1.807, 2.05) is 0 Å². The van der Waals surface area contributed by atoms with Crippen molar-refractivity contribution in [3.05, 3.63) is 101 Å². The van der Waals surface area contributed by atoms with Gasteiger partial charge < -0.3 is 15.3 Å². The lowest BCUT2D eigenvalue weighted by molar-refractivity contribution is -0.132. The number of phenolic OH excluding ortho intramolecular Hbond substituents is 2. The van der Waals surface area contributed by atoms with Crippen LogP contribution in [0.5, 0.6) is 11.5 Å². The number of rotatable bonds is 5. The Bertz CT molecular complexity index is 1720. The summed E-state index contributed by atoms with van der Waals surface area (Å²) < 4.78 is 26.1. The van der Waals surface area contributed by atoms with Crippen LogP contribution in [0.2, 0.25) is 5.02 Å². The zero-order chi connectivity index (χ0) is 27.2. The van der Waals surface area contributed by atoms with Gasteiger partial charge in [-0.15, -0.1) is 0 Å². The first kappa shape index (κ1) is 25.5. The van der Waals surface area contributed by atoms with E-state index < -0.39 is 33.3 Å². The number of carbonyl (C=O) groups excluding carboxylic acids is 2. The number of hydrogen-bond donors (Lipinski definition) is 3. The van der Waals surface area contributed by atoms with Gasteiger partial charge in [0.05, 0.1) is 27.7 Å². The van der Waals surface area contributed by atoms with Crippen molar-refractivity contribution >= 4 is 55.4 Å². The van der Waals surface area contributed by atoms with Gasteiger partial charge in [-0.25, -0.2) is 13.4 Å². The summed E-state index contributed by atoms with van der Waals surface area (Å²) in [6.45, 7) is 0. The third-order valence-corrected chi connectivity index (χ3v) is 9.40. The Labute approximate surface area is 225 Å². The first-order valence-corrected chi connectivity index (χ1v) is 13.6. The monoisotopic (exact) mass is 568 g/mol. The number of phenols is 2. The van der Waals surface area contributed by atoms with Crippen LogP contribution in [0.1, 0.15) is 17.2 Å². The van der Waals surface area contributed by atoms with Crippen molar-refractivity contribution in [2.75, 3.05) is 4.90 Å². The fourth-order valence-electron chi connectivity index (χ4n) is 4.02. The number of hydrogen-bond acceptors (Lipinski definition) is 9. The third kappa shape index (κ3) is 4.30. The van der Waals surface area contributed by atoms with Crippen LogP contribution in [0.15, 0.2) is 93.7 Å². The normalized spacial score (nSPS) is 17.2. The Kier molecular flexibility index (Phi) is 6.43. The first-order valence-electron chi connectivity index (χ1n) is 10.9. The summed E-state index contributed by atoms with van der Waals surface area (Å²) in [5, 5.41) is 30.5. The molecule has 192 valence electrons. The minimum absolute atomic E-state index is 0.0338. The van der Waals surface area contributed by atoms with Gasteiger partial charge in [-0.05, 0) is 54.1 Å². The molecule has 1 amide bonds. The van der Waals surface area contributed by atoms with E-state index in [0.717, 1.165) is 11.1 Å². The fourth-order valence-corrected chi connectivity index (χ4v) is 6.77. The van der Waals surface area contributed by atoms with Crippen LogP contribution in [0.4, 0.5) is 5.13 Å². The van der Waals surface area contributed by atoms with Gasteiger partial charge in [0.25, 0.3) is 5.78 Å². The van der Waals surface area contributed by atoms with Crippen molar-refractivity contribution in [2.45, 2.75) is 15.1 Å².